The molecule has 32 heavy (non-hydrogen) atoms. The van der Waals surface area contributed by atoms with Crippen LogP contribution in [-0.2, 0) is 19.4 Å². The first-order chi connectivity index (χ1) is 15.4. The summed E-state index contributed by atoms with van der Waals surface area (Å²) < 4.78 is 19.8. The number of nitrogens with zero attached hydrogens (tertiary/aromatic N) is 3. The highest BCUT2D eigenvalue weighted by molar-refractivity contribution is 6.30. The van der Waals surface area contributed by atoms with Crippen molar-refractivity contribution in [1.29, 1.82) is 5.26 Å². The molecule has 1 aromatic heterocycles. The number of hydrogen-bond donors (Lipinski definition) is 0. The molecule has 0 fully saturated rings. The van der Waals surface area contributed by atoms with E-state index in [1.54, 1.807) is 13.0 Å². The Bertz CT molecular complexity index is 1280. The van der Waals surface area contributed by atoms with E-state index in [4.69, 9.17) is 16.3 Å². The Kier molecular flexibility index (Phi) is 6.25. The van der Waals surface area contributed by atoms with E-state index in [1.807, 2.05) is 19.1 Å². The molecule has 2 aromatic carbocycles. The Morgan fingerprint density at radius 1 is 1.19 bits per heavy atom. The molecule has 0 saturated carbocycles. The molecule has 1 aliphatic rings. The van der Waals surface area contributed by atoms with Gasteiger partial charge in [0.25, 0.3) is 0 Å². The Morgan fingerprint density at radius 2 is 1.97 bits per heavy atom. The summed E-state index contributed by atoms with van der Waals surface area (Å²) in [5.41, 5.74) is 6.84. The van der Waals surface area contributed by atoms with Crippen molar-refractivity contribution in [3.8, 4) is 11.8 Å². The van der Waals surface area contributed by atoms with Crippen molar-refractivity contribution in [3.63, 3.8) is 0 Å². The molecule has 3 aromatic rings. The first-order valence-electron chi connectivity index (χ1n) is 10.6. The molecule has 0 N–H and O–H groups in total. The summed E-state index contributed by atoms with van der Waals surface area (Å²) in [5.74, 6) is 0.735. The summed E-state index contributed by atoms with van der Waals surface area (Å²) in [6.07, 6.45) is 2.40. The average molecular weight is 448 g/mol. The van der Waals surface area contributed by atoms with Gasteiger partial charge in [0.05, 0.1) is 6.07 Å². The number of benzene rings is 2. The molecular weight excluding hydrogens is 425 g/mol. The number of nitriles is 1. The van der Waals surface area contributed by atoms with Crippen molar-refractivity contribution in [3.05, 3.63) is 92.3 Å². The van der Waals surface area contributed by atoms with Gasteiger partial charge in [-0.25, -0.2) is 14.4 Å². The third kappa shape index (κ3) is 4.24. The molecule has 0 unspecified atom stereocenters. The molecular formula is C26H23ClFN3O. The lowest BCUT2D eigenvalue weighted by molar-refractivity contribution is 0.305. The number of fused-ring (bicyclic) bond motifs is 2. The van der Waals surface area contributed by atoms with Crippen LogP contribution in [0.2, 0.25) is 5.15 Å². The maximum atomic E-state index is 13.9. The predicted molar refractivity (Wildman–Crippen MR) is 123 cm³/mol. The van der Waals surface area contributed by atoms with Crippen LogP contribution >= 0.6 is 11.6 Å². The Labute approximate surface area is 192 Å². The van der Waals surface area contributed by atoms with Crippen LogP contribution in [0.25, 0.3) is 5.57 Å². The van der Waals surface area contributed by atoms with Crippen LogP contribution in [-0.4, -0.2) is 9.97 Å². The van der Waals surface area contributed by atoms with E-state index >= 15 is 0 Å². The highest BCUT2D eigenvalue weighted by Crippen LogP contribution is 2.39. The second-order valence-corrected chi connectivity index (χ2v) is 8.30. The second-order valence-electron chi connectivity index (χ2n) is 7.95. The van der Waals surface area contributed by atoms with E-state index in [-0.39, 0.29) is 12.4 Å². The van der Waals surface area contributed by atoms with Gasteiger partial charge in [0.15, 0.2) is 0 Å². The van der Waals surface area contributed by atoms with E-state index < -0.39 is 0 Å². The minimum Gasteiger partial charge on any atom is -0.488 e. The van der Waals surface area contributed by atoms with Crippen LogP contribution in [0.5, 0.6) is 5.75 Å². The van der Waals surface area contributed by atoms with Gasteiger partial charge in [0.1, 0.15) is 29.2 Å². The summed E-state index contributed by atoms with van der Waals surface area (Å²) in [6, 6.07) is 12.8. The monoisotopic (exact) mass is 447 g/mol. The minimum absolute atomic E-state index is 0.280. The maximum absolute atomic E-state index is 13.9. The molecule has 4 rings (SSSR count). The van der Waals surface area contributed by atoms with Gasteiger partial charge in [0, 0.05) is 40.5 Å². The Hall–Kier alpha value is -3.23. The lowest BCUT2D eigenvalue weighted by Gasteiger charge is -2.14. The fraction of sp³-hybridized carbons (Fsp3) is 0.269. The standard InChI is InChI=1S/C26H23ClFN3O/c1-4-5-23-22(26(27)31-16(3)30-23)11-17-6-8-20-18(10-17)14-32-24-12-19(28)7-9-21(24)25(20)15(2)13-29/h6-10,12H,4-5,11,14H2,1-3H3. The number of ether oxygens (including phenoxy) is 1. The van der Waals surface area contributed by atoms with Crippen molar-refractivity contribution in [2.75, 3.05) is 0 Å². The Balaban J connectivity index is 1.79. The molecule has 0 atom stereocenters. The molecule has 0 spiro atoms. The summed E-state index contributed by atoms with van der Waals surface area (Å²) >= 11 is 6.49. The van der Waals surface area contributed by atoms with Gasteiger partial charge in [-0.3, -0.25) is 0 Å². The molecule has 0 amide bonds. The molecule has 4 nitrogen and oxygen atoms in total. The highest BCUT2D eigenvalue weighted by Gasteiger charge is 2.22. The number of aromatic nitrogens is 2. The number of halogens is 2. The minimum atomic E-state index is -0.373. The van der Waals surface area contributed by atoms with Crippen molar-refractivity contribution in [2.24, 2.45) is 0 Å². The molecule has 2 heterocycles. The van der Waals surface area contributed by atoms with Gasteiger partial charge < -0.3 is 4.74 Å². The van der Waals surface area contributed by atoms with Crippen LogP contribution in [0.15, 0.2) is 42.0 Å². The van der Waals surface area contributed by atoms with Crippen molar-refractivity contribution in [1.82, 2.24) is 9.97 Å². The van der Waals surface area contributed by atoms with Crippen LogP contribution < -0.4 is 4.74 Å². The van der Waals surface area contributed by atoms with Gasteiger partial charge >= 0.3 is 0 Å². The zero-order valence-corrected chi connectivity index (χ0v) is 19.1. The first kappa shape index (κ1) is 22.0. The first-order valence-corrected chi connectivity index (χ1v) is 11.0. The van der Waals surface area contributed by atoms with E-state index in [2.05, 4.69) is 29.0 Å². The third-order valence-electron chi connectivity index (χ3n) is 5.60. The van der Waals surface area contributed by atoms with Crippen molar-refractivity contribution >= 4 is 17.2 Å². The summed E-state index contributed by atoms with van der Waals surface area (Å²) in [4.78, 5) is 8.95. The van der Waals surface area contributed by atoms with Crippen LogP contribution in [0.1, 0.15) is 59.6 Å². The van der Waals surface area contributed by atoms with E-state index in [9.17, 15) is 9.65 Å². The SMILES string of the molecule is CCCc1nc(C)nc(Cl)c1Cc1ccc2c(c1)COc1cc(F)ccc1C2=C(C)C#N. The molecule has 0 aliphatic carbocycles. The third-order valence-corrected chi connectivity index (χ3v) is 5.91. The highest BCUT2D eigenvalue weighted by atomic mass is 35.5. The zero-order chi connectivity index (χ0) is 22.8. The molecule has 0 saturated heterocycles. The van der Waals surface area contributed by atoms with Crippen molar-refractivity contribution < 1.29 is 9.13 Å². The fourth-order valence-corrected chi connectivity index (χ4v) is 4.44. The number of rotatable bonds is 4. The number of hydrogen-bond acceptors (Lipinski definition) is 4. The van der Waals surface area contributed by atoms with Gasteiger partial charge in [-0.1, -0.05) is 43.1 Å². The average Bonchev–Trinajstić information content (AvgIpc) is 2.92. The lowest BCUT2D eigenvalue weighted by atomic mass is 9.89. The number of allylic oxidation sites excluding steroid dienone is 1. The van der Waals surface area contributed by atoms with Gasteiger partial charge in [-0.05, 0) is 49.1 Å². The summed E-state index contributed by atoms with van der Waals surface area (Å²) in [5, 5.41) is 10.1. The molecule has 0 radical (unpaired) electrons. The predicted octanol–water partition coefficient (Wildman–Crippen LogP) is 6.36. The van der Waals surface area contributed by atoms with Crippen molar-refractivity contribution in [2.45, 2.75) is 46.6 Å². The van der Waals surface area contributed by atoms with Crippen LogP contribution in [0.3, 0.4) is 0 Å². The molecule has 6 heteroatoms. The Morgan fingerprint density at radius 3 is 2.72 bits per heavy atom. The summed E-state index contributed by atoms with van der Waals surface area (Å²) in [7, 11) is 0. The fourth-order valence-electron chi connectivity index (χ4n) is 4.14. The second kappa shape index (κ2) is 9.10. The quantitative estimate of drug-likeness (QED) is 0.345. The topological polar surface area (TPSA) is 58.8 Å². The van der Waals surface area contributed by atoms with Gasteiger partial charge in [0.2, 0.25) is 0 Å². The number of aryl methyl sites for hydroxylation is 2. The largest absolute Gasteiger partial charge is 0.488 e. The van der Waals surface area contributed by atoms with E-state index in [0.717, 1.165) is 51.9 Å². The molecule has 0 bridgehead atoms. The smallest absolute Gasteiger partial charge is 0.136 e. The zero-order valence-electron chi connectivity index (χ0n) is 18.3. The van der Waals surface area contributed by atoms with Gasteiger partial charge in [-0.2, -0.15) is 5.26 Å². The summed E-state index contributed by atoms with van der Waals surface area (Å²) in [6.45, 7) is 6.01. The lowest BCUT2D eigenvalue weighted by Crippen LogP contribution is -2.05. The van der Waals surface area contributed by atoms with Gasteiger partial charge in [-0.15, -0.1) is 0 Å². The van der Waals surface area contributed by atoms with E-state index in [1.165, 1.54) is 12.1 Å². The van der Waals surface area contributed by atoms with Crippen LogP contribution in [0.4, 0.5) is 4.39 Å². The van der Waals surface area contributed by atoms with Crippen LogP contribution in [0, 0.1) is 24.1 Å². The molecule has 162 valence electrons. The molecule has 1 aliphatic heterocycles. The normalized spacial score (nSPS) is 14.0. The maximum Gasteiger partial charge on any atom is 0.136 e. The van der Waals surface area contributed by atoms with E-state index in [0.29, 0.717) is 28.7 Å².